The largest absolute Gasteiger partial charge is 0.360 e. The standard InChI is InChI=1S/C10H11FN2O/c1-12-6-5-9-7-3-2-4-8(11)10(7)13-14-9/h2-4,12H,5-6H2,1H3. The van der Waals surface area contributed by atoms with Crippen molar-refractivity contribution in [3.05, 3.63) is 29.8 Å². The van der Waals surface area contributed by atoms with Crippen LogP contribution in [0.1, 0.15) is 5.76 Å². The highest BCUT2D eigenvalue weighted by molar-refractivity contribution is 5.80. The molecule has 2 aromatic rings. The van der Waals surface area contributed by atoms with E-state index in [9.17, 15) is 4.39 Å². The van der Waals surface area contributed by atoms with Crippen LogP contribution in [-0.4, -0.2) is 18.7 Å². The van der Waals surface area contributed by atoms with E-state index in [4.69, 9.17) is 4.52 Å². The van der Waals surface area contributed by atoms with Gasteiger partial charge >= 0.3 is 0 Å². The van der Waals surface area contributed by atoms with E-state index in [1.54, 1.807) is 6.07 Å². The van der Waals surface area contributed by atoms with E-state index >= 15 is 0 Å². The SMILES string of the molecule is CNCCc1onc2c(F)cccc12. The predicted molar refractivity (Wildman–Crippen MR) is 51.6 cm³/mol. The van der Waals surface area contributed by atoms with Gasteiger partial charge in [-0.05, 0) is 19.2 Å². The maximum absolute atomic E-state index is 13.2. The van der Waals surface area contributed by atoms with Crippen molar-refractivity contribution in [1.29, 1.82) is 0 Å². The molecule has 0 radical (unpaired) electrons. The zero-order chi connectivity index (χ0) is 9.97. The van der Waals surface area contributed by atoms with E-state index in [-0.39, 0.29) is 5.82 Å². The summed E-state index contributed by atoms with van der Waals surface area (Å²) in [6.07, 6.45) is 0.719. The van der Waals surface area contributed by atoms with Crippen LogP contribution in [0.5, 0.6) is 0 Å². The van der Waals surface area contributed by atoms with Crippen LogP contribution in [-0.2, 0) is 6.42 Å². The molecule has 0 aliphatic rings. The number of benzene rings is 1. The topological polar surface area (TPSA) is 38.1 Å². The maximum atomic E-state index is 13.2. The Morgan fingerprint density at radius 1 is 1.50 bits per heavy atom. The highest BCUT2D eigenvalue weighted by Crippen LogP contribution is 2.20. The van der Waals surface area contributed by atoms with Crippen molar-refractivity contribution in [2.75, 3.05) is 13.6 Å². The van der Waals surface area contributed by atoms with Gasteiger partial charge in [-0.15, -0.1) is 0 Å². The third-order valence-corrected chi connectivity index (χ3v) is 2.14. The monoisotopic (exact) mass is 194 g/mol. The molecule has 1 heterocycles. The summed E-state index contributed by atoms with van der Waals surface area (Å²) < 4.78 is 18.3. The number of aromatic nitrogens is 1. The van der Waals surface area contributed by atoms with Gasteiger partial charge in [0, 0.05) is 18.4 Å². The van der Waals surface area contributed by atoms with Crippen LogP contribution in [0.25, 0.3) is 10.9 Å². The van der Waals surface area contributed by atoms with Gasteiger partial charge in [0.05, 0.1) is 0 Å². The number of hydrogen-bond acceptors (Lipinski definition) is 3. The zero-order valence-corrected chi connectivity index (χ0v) is 7.88. The molecule has 74 valence electrons. The Labute approximate surface area is 80.9 Å². The number of hydrogen-bond donors (Lipinski definition) is 1. The lowest BCUT2D eigenvalue weighted by Gasteiger charge is -1.94. The lowest BCUT2D eigenvalue weighted by atomic mass is 10.2. The van der Waals surface area contributed by atoms with Crippen LogP contribution in [0.15, 0.2) is 22.7 Å². The number of halogens is 1. The molecule has 0 saturated carbocycles. The molecule has 0 unspecified atom stereocenters. The molecule has 1 aromatic carbocycles. The van der Waals surface area contributed by atoms with Crippen molar-refractivity contribution in [2.24, 2.45) is 0 Å². The van der Waals surface area contributed by atoms with Crippen LogP contribution in [0.3, 0.4) is 0 Å². The van der Waals surface area contributed by atoms with Gasteiger partial charge in [-0.25, -0.2) is 4.39 Å². The Balaban J connectivity index is 2.42. The first-order valence-corrected chi connectivity index (χ1v) is 4.50. The van der Waals surface area contributed by atoms with Crippen LogP contribution in [0.4, 0.5) is 4.39 Å². The van der Waals surface area contributed by atoms with Crippen molar-refractivity contribution >= 4 is 10.9 Å². The van der Waals surface area contributed by atoms with E-state index in [1.807, 2.05) is 13.1 Å². The van der Waals surface area contributed by atoms with Gasteiger partial charge in [-0.1, -0.05) is 11.2 Å². The van der Waals surface area contributed by atoms with E-state index in [2.05, 4.69) is 10.5 Å². The molecule has 0 aliphatic carbocycles. The Morgan fingerprint density at radius 2 is 2.36 bits per heavy atom. The van der Waals surface area contributed by atoms with Gasteiger partial charge in [-0.3, -0.25) is 0 Å². The van der Waals surface area contributed by atoms with E-state index in [0.29, 0.717) is 5.52 Å². The van der Waals surface area contributed by atoms with Crippen LogP contribution < -0.4 is 5.32 Å². The van der Waals surface area contributed by atoms with Crippen molar-refractivity contribution in [1.82, 2.24) is 10.5 Å². The molecule has 4 heteroatoms. The second kappa shape index (κ2) is 3.75. The van der Waals surface area contributed by atoms with E-state index < -0.39 is 0 Å². The highest BCUT2D eigenvalue weighted by atomic mass is 19.1. The first-order chi connectivity index (χ1) is 6.83. The molecule has 0 saturated heterocycles. The van der Waals surface area contributed by atoms with Gasteiger partial charge in [-0.2, -0.15) is 0 Å². The summed E-state index contributed by atoms with van der Waals surface area (Å²) in [5.41, 5.74) is 0.318. The highest BCUT2D eigenvalue weighted by Gasteiger charge is 2.10. The third-order valence-electron chi connectivity index (χ3n) is 2.14. The van der Waals surface area contributed by atoms with Crippen molar-refractivity contribution in [3.8, 4) is 0 Å². The van der Waals surface area contributed by atoms with Gasteiger partial charge < -0.3 is 9.84 Å². The molecule has 0 atom stereocenters. The van der Waals surface area contributed by atoms with Crippen molar-refractivity contribution < 1.29 is 8.91 Å². The second-order valence-electron chi connectivity index (χ2n) is 3.10. The molecule has 0 spiro atoms. The average molecular weight is 194 g/mol. The lowest BCUT2D eigenvalue weighted by molar-refractivity contribution is 0.388. The van der Waals surface area contributed by atoms with Crippen LogP contribution in [0, 0.1) is 5.82 Å². The van der Waals surface area contributed by atoms with Gasteiger partial charge in [0.1, 0.15) is 11.3 Å². The minimum Gasteiger partial charge on any atom is -0.360 e. The number of likely N-dealkylation sites (N-methyl/N-ethyl adjacent to an activating group) is 1. The number of fused-ring (bicyclic) bond motifs is 1. The van der Waals surface area contributed by atoms with E-state index in [0.717, 1.165) is 24.1 Å². The average Bonchev–Trinajstić information content (AvgIpc) is 2.60. The maximum Gasteiger partial charge on any atom is 0.152 e. The van der Waals surface area contributed by atoms with Crippen molar-refractivity contribution in [2.45, 2.75) is 6.42 Å². The molecule has 0 fully saturated rings. The predicted octanol–water partition coefficient (Wildman–Crippen LogP) is 1.73. The molecular formula is C10H11FN2O. The molecule has 0 bridgehead atoms. The fourth-order valence-electron chi connectivity index (χ4n) is 1.40. The molecule has 1 N–H and O–H groups in total. The molecule has 3 nitrogen and oxygen atoms in total. The summed E-state index contributed by atoms with van der Waals surface area (Å²) in [6, 6.07) is 4.87. The molecule has 14 heavy (non-hydrogen) atoms. The molecule has 2 rings (SSSR count). The second-order valence-corrected chi connectivity index (χ2v) is 3.10. The summed E-state index contributed by atoms with van der Waals surface area (Å²) in [6.45, 7) is 0.792. The third kappa shape index (κ3) is 1.48. The fraction of sp³-hybridized carbons (Fsp3) is 0.300. The number of rotatable bonds is 3. The lowest BCUT2D eigenvalue weighted by Crippen LogP contribution is -2.09. The Hall–Kier alpha value is -1.42. The van der Waals surface area contributed by atoms with Gasteiger partial charge in [0.15, 0.2) is 5.82 Å². The minimum absolute atomic E-state index is 0.318. The molecule has 0 aliphatic heterocycles. The van der Waals surface area contributed by atoms with Gasteiger partial charge in [0.2, 0.25) is 0 Å². The first-order valence-electron chi connectivity index (χ1n) is 4.50. The fourth-order valence-corrected chi connectivity index (χ4v) is 1.40. The normalized spacial score (nSPS) is 11.0. The zero-order valence-electron chi connectivity index (χ0n) is 7.88. The van der Waals surface area contributed by atoms with Crippen molar-refractivity contribution in [3.63, 3.8) is 0 Å². The molecule has 1 aromatic heterocycles. The summed E-state index contributed by atoms with van der Waals surface area (Å²) in [5.74, 6) is 0.399. The summed E-state index contributed by atoms with van der Waals surface area (Å²) in [5, 5.41) is 7.46. The van der Waals surface area contributed by atoms with Crippen LogP contribution >= 0.6 is 0 Å². The summed E-state index contributed by atoms with van der Waals surface area (Å²) in [4.78, 5) is 0. The Kier molecular flexibility index (Phi) is 2.45. The first kappa shape index (κ1) is 9.15. The quantitative estimate of drug-likeness (QED) is 0.808. The number of nitrogens with one attached hydrogen (secondary N) is 1. The van der Waals surface area contributed by atoms with E-state index in [1.165, 1.54) is 6.07 Å². The van der Waals surface area contributed by atoms with Gasteiger partial charge in [0.25, 0.3) is 0 Å². The minimum atomic E-state index is -0.332. The molecular weight excluding hydrogens is 183 g/mol. The van der Waals surface area contributed by atoms with Crippen LogP contribution in [0.2, 0.25) is 0 Å². The number of nitrogens with zero attached hydrogens (tertiary/aromatic N) is 1. The summed E-state index contributed by atoms with van der Waals surface area (Å²) >= 11 is 0. The smallest absolute Gasteiger partial charge is 0.152 e. The summed E-state index contributed by atoms with van der Waals surface area (Å²) in [7, 11) is 1.86. The Morgan fingerprint density at radius 3 is 3.14 bits per heavy atom. The Bertz CT molecular complexity index is 439. The molecule has 0 amide bonds.